The van der Waals surface area contributed by atoms with Gasteiger partial charge in [0.15, 0.2) is 5.92 Å². The molecule has 4 amide bonds. The second-order valence-electron chi connectivity index (χ2n) is 5.71. The maximum atomic E-state index is 12.8. The highest BCUT2D eigenvalue weighted by molar-refractivity contribution is 9.10. The number of barbiturate groups is 1. The van der Waals surface area contributed by atoms with E-state index in [1.165, 1.54) is 13.2 Å². The number of nitrogens with one attached hydrogen (secondary N) is 1. The van der Waals surface area contributed by atoms with Gasteiger partial charge in [-0.2, -0.15) is 0 Å². The van der Waals surface area contributed by atoms with Crippen molar-refractivity contribution in [2.24, 2.45) is 10.9 Å². The molecule has 1 aliphatic heterocycles. The minimum Gasteiger partial charge on any atom is -0.465 e. The van der Waals surface area contributed by atoms with Gasteiger partial charge >= 0.3 is 12.0 Å². The molecule has 1 saturated heterocycles. The van der Waals surface area contributed by atoms with Gasteiger partial charge in [0, 0.05) is 10.7 Å². The molecule has 3 rings (SSSR count). The predicted molar refractivity (Wildman–Crippen MR) is 105 cm³/mol. The van der Waals surface area contributed by atoms with Crippen LogP contribution in [0.25, 0.3) is 0 Å². The Morgan fingerprint density at radius 2 is 1.82 bits per heavy atom. The Kier molecular flexibility index (Phi) is 5.65. The number of hydrogen-bond acceptors (Lipinski definition) is 6. The molecule has 9 heteroatoms. The third-order valence-electron chi connectivity index (χ3n) is 3.96. The Morgan fingerprint density at radius 1 is 1.14 bits per heavy atom. The lowest BCUT2D eigenvalue weighted by atomic mass is 10.1. The highest BCUT2D eigenvalue weighted by atomic mass is 79.9. The van der Waals surface area contributed by atoms with Crippen LogP contribution in [0.4, 0.5) is 16.2 Å². The van der Waals surface area contributed by atoms with Crippen LogP contribution in [0.2, 0.25) is 0 Å². The Morgan fingerprint density at radius 3 is 2.50 bits per heavy atom. The van der Waals surface area contributed by atoms with Gasteiger partial charge in [0.2, 0.25) is 5.91 Å². The molecule has 0 unspecified atom stereocenters. The summed E-state index contributed by atoms with van der Waals surface area (Å²) in [6.07, 6.45) is 1.11. The number of imide groups is 2. The molecule has 1 fully saturated rings. The van der Waals surface area contributed by atoms with E-state index in [0.29, 0.717) is 5.69 Å². The number of esters is 1. The minimum absolute atomic E-state index is 0.186. The summed E-state index contributed by atoms with van der Waals surface area (Å²) in [7, 11) is 1.24. The van der Waals surface area contributed by atoms with E-state index >= 15 is 0 Å². The molecule has 1 N–H and O–H groups in total. The fourth-order valence-electron chi connectivity index (χ4n) is 2.58. The topological polar surface area (TPSA) is 105 Å². The first-order chi connectivity index (χ1) is 13.4. The van der Waals surface area contributed by atoms with Gasteiger partial charge in [-0.1, -0.05) is 28.1 Å². The van der Waals surface area contributed by atoms with Crippen molar-refractivity contribution in [3.05, 3.63) is 58.6 Å². The molecule has 1 atom stereocenters. The standard InChI is InChI=1S/C19H14BrN3O5/c1-28-18(26)13-4-2-3-5-15(13)21-10-14-16(24)22-19(27)23(17(14)25)12-8-6-11(20)7-9-12/h2-10,14H,1H3,(H,22,24,27)/t14-/m0/s1. The van der Waals surface area contributed by atoms with Crippen LogP contribution in [-0.2, 0) is 14.3 Å². The third kappa shape index (κ3) is 3.84. The van der Waals surface area contributed by atoms with Crippen LogP contribution < -0.4 is 10.2 Å². The molecule has 8 nitrogen and oxygen atoms in total. The summed E-state index contributed by atoms with van der Waals surface area (Å²) in [5.41, 5.74) is 0.736. The average molecular weight is 444 g/mol. The molecule has 0 aromatic heterocycles. The number of rotatable bonds is 4. The summed E-state index contributed by atoms with van der Waals surface area (Å²) in [5.74, 6) is -3.45. The minimum atomic E-state index is -1.33. The zero-order valence-corrected chi connectivity index (χ0v) is 16.2. The third-order valence-corrected chi connectivity index (χ3v) is 4.49. The van der Waals surface area contributed by atoms with Gasteiger partial charge in [0.05, 0.1) is 24.0 Å². The smallest absolute Gasteiger partial charge is 0.340 e. The number of amides is 4. The van der Waals surface area contributed by atoms with Crippen LogP contribution in [0.5, 0.6) is 0 Å². The van der Waals surface area contributed by atoms with Gasteiger partial charge < -0.3 is 4.74 Å². The molecule has 28 heavy (non-hydrogen) atoms. The summed E-state index contributed by atoms with van der Waals surface area (Å²) in [5, 5.41) is 2.14. The molecule has 0 spiro atoms. The number of methoxy groups -OCH3 is 1. The highest BCUT2D eigenvalue weighted by Crippen LogP contribution is 2.24. The molecule has 1 heterocycles. The number of urea groups is 1. The summed E-state index contributed by atoms with van der Waals surface area (Å²) < 4.78 is 5.47. The first-order valence-electron chi connectivity index (χ1n) is 8.08. The predicted octanol–water partition coefficient (Wildman–Crippen LogP) is 2.84. The number of nitrogens with zero attached hydrogens (tertiary/aromatic N) is 2. The lowest BCUT2D eigenvalue weighted by Crippen LogP contribution is -2.58. The number of halogens is 1. The highest BCUT2D eigenvalue weighted by Gasteiger charge is 2.40. The monoisotopic (exact) mass is 443 g/mol. The molecule has 0 aliphatic carbocycles. The number of benzene rings is 2. The summed E-state index contributed by atoms with van der Waals surface area (Å²) in [6, 6.07) is 12.0. The van der Waals surface area contributed by atoms with Gasteiger partial charge in [-0.25, -0.2) is 14.5 Å². The van der Waals surface area contributed by atoms with Gasteiger partial charge in [-0.3, -0.25) is 19.9 Å². The average Bonchev–Trinajstić information content (AvgIpc) is 2.68. The second kappa shape index (κ2) is 8.13. The summed E-state index contributed by atoms with van der Waals surface area (Å²) >= 11 is 3.28. The number of anilines is 1. The molecule has 0 saturated carbocycles. The maximum absolute atomic E-state index is 12.8. The van der Waals surface area contributed by atoms with Crippen molar-refractivity contribution in [3.63, 3.8) is 0 Å². The number of carbonyl (C=O) groups is 4. The van der Waals surface area contributed by atoms with Crippen molar-refractivity contribution in [2.45, 2.75) is 0 Å². The Hall–Kier alpha value is -3.33. The van der Waals surface area contributed by atoms with Crippen LogP contribution in [0.1, 0.15) is 10.4 Å². The van der Waals surface area contributed by atoms with Crippen LogP contribution in [-0.4, -0.2) is 37.1 Å². The summed E-state index contributed by atoms with van der Waals surface area (Å²) in [6.45, 7) is 0. The fourth-order valence-corrected chi connectivity index (χ4v) is 2.84. The lowest BCUT2D eigenvalue weighted by molar-refractivity contribution is -0.131. The second-order valence-corrected chi connectivity index (χ2v) is 6.62. The van der Waals surface area contributed by atoms with E-state index in [2.05, 4.69) is 26.2 Å². The van der Waals surface area contributed by atoms with Crippen molar-refractivity contribution in [3.8, 4) is 0 Å². The van der Waals surface area contributed by atoms with E-state index in [4.69, 9.17) is 4.74 Å². The fraction of sp³-hybridized carbons (Fsp3) is 0.105. The lowest BCUT2D eigenvalue weighted by Gasteiger charge is -2.28. The van der Waals surface area contributed by atoms with Crippen LogP contribution in [0.3, 0.4) is 0 Å². The Labute approximate surface area is 168 Å². The van der Waals surface area contributed by atoms with E-state index in [9.17, 15) is 19.2 Å². The van der Waals surface area contributed by atoms with E-state index in [1.54, 1.807) is 42.5 Å². The van der Waals surface area contributed by atoms with Gasteiger partial charge in [0.1, 0.15) is 0 Å². The largest absolute Gasteiger partial charge is 0.465 e. The van der Waals surface area contributed by atoms with Crippen LogP contribution in [0.15, 0.2) is 58.0 Å². The summed E-state index contributed by atoms with van der Waals surface area (Å²) in [4.78, 5) is 53.9. The van der Waals surface area contributed by atoms with E-state index in [0.717, 1.165) is 15.6 Å². The molecular weight excluding hydrogens is 430 g/mol. The Balaban J connectivity index is 1.91. The van der Waals surface area contributed by atoms with Crippen LogP contribution in [0, 0.1) is 5.92 Å². The molecule has 2 aromatic carbocycles. The molecular formula is C19H14BrN3O5. The van der Waals surface area contributed by atoms with E-state index < -0.39 is 29.7 Å². The zero-order chi connectivity index (χ0) is 20.3. The van der Waals surface area contributed by atoms with Gasteiger partial charge in [-0.05, 0) is 36.4 Å². The number of carbonyl (C=O) groups excluding carboxylic acids is 4. The first-order valence-corrected chi connectivity index (χ1v) is 8.87. The van der Waals surface area contributed by atoms with Gasteiger partial charge in [0.25, 0.3) is 5.91 Å². The molecule has 0 radical (unpaired) electrons. The zero-order valence-electron chi connectivity index (χ0n) is 14.6. The van der Waals surface area contributed by atoms with Crippen molar-refractivity contribution in [2.75, 3.05) is 12.0 Å². The number of hydrogen-bond donors (Lipinski definition) is 1. The number of para-hydroxylation sites is 1. The molecule has 142 valence electrons. The SMILES string of the molecule is COC(=O)c1ccccc1N=C[C@H]1C(=O)NC(=O)N(c2ccc(Br)cc2)C1=O. The number of aliphatic imine (C=N–C) groups is 1. The Bertz CT molecular complexity index is 987. The first kappa shape index (κ1) is 19.4. The normalized spacial score (nSPS) is 17.0. The molecule has 1 aliphatic rings. The van der Waals surface area contributed by atoms with Crippen LogP contribution >= 0.6 is 15.9 Å². The quantitative estimate of drug-likeness (QED) is 0.444. The van der Waals surface area contributed by atoms with E-state index in [-0.39, 0.29) is 11.3 Å². The van der Waals surface area contributed by atoms with Gasteiger partial charge in [-0.15, -0.1) is 0 Å². The molecule has 0 bridgehead atoms. The van der Waals surface area contributed by atoms with E-state index in [1.807, 2.05) is 0 Å². The molecule has 2 aromatic rings. The van der Waals surface area contributed by atoms with Crippen molar-refractivity contribution in [1.29, 1.82) is 0 Å². The maximum Gasteiger partial charge on any atom is 0.340 e. The number of ether oxygens (including phenoxy) is 1. The van der Waals surface area contributed by atoms with Crippen molar-refractivity contribution < 1.29 is 23.9 Å². The van der Waals surface area contributed by atoms with Crippen molar-refractivity contribution >= 4 is 57.3 Å². The van der Waals surface area contributed by atoms with Crippen molar-refractivity contribution in [1.82, 2.24) is 5.32 Å².